The molecule has 218 valence electrons. The van der Waals surface area contributed by atoms with Gasteiger partial charge in [0.15, 0.2) is 5.78 Å². The monoisotopic (exact) mass is 546 g/mol. The van der Waals surface area contributed by atoms with Crippen molar-refractivity contribution in [3.05, 3.63) is 11.6 Å². The van der Waals surface area contributed by atoms with Crippen molar-refractivity contribution < 1.29 is 19.2 Å². The standard InChI is InChI=1S/C18H26O2.C18H24O2/c2*1-18-9-8-14-13-5-3-12(19)10-11(13)2-4-15(14)16(18)6-7-17(18)20/h11,13-16H,2-10H2,1H3;10,13-16H,2-9H2,1H3/t11-,13+,14-,15-,16+,18+;13-,14+,15+,16-,18-/m10/s1. The summed E-state index contributed by atoms with van der Waals surface area (Å²) < 4.78 is 0. The first-order valence-corrected chi connectivity index (χ1v) is 17.0. The number of allylic oxidation sites excluding steroid dienone is 1. The minimum absolute atomic E-state index is 0.00707. The maximum atomic E-state index is 12.3. The SMILES string of the molecule is C[C@]12CC[C@H]3[C@@H](CCC4=CC(=O)CC[C@@H]43)[C@@H]1CCC2=O.C[C@]12CC[C@H]3[C@@H](CC[C@@H]4CC(=O)CC[C@@H]43)[C@@H]1CCC2=O. The van der Waals surface area contributed by atoms with Crippen molar-refractivity contribution in [3.63, 3.8) is 0 Å². The first-order chi connectivity index (χ1) is 19.2. The number of Topliss-reactive ketones (excluding diaryl/α,β-unsaturated/α-hetero) is 3. The summed E-state index contributed by atoms with van der Waals surface area (Å²) in [5.74, 6) is 8.46. The Kier molecular flexibility index (Phi) is 6.82. The van der Waals surface area contributed by atoms with Crippen LogP contribution < -0.4 is 0 Å². The second-order valence-corrected chi connectivity index (χ2v) is 15.9. The van der Waals surface area contributed by atoms with Gasteiger partial charge in [-0.15, -0.1) is 0 Å². The topological polar surface area (TPSA) is 68.3 Å². The highest BCUT2D eigenvalue weighted by Gasteiger charge is 2.57. The third kappa shape index (κ3) is 4.19. The van der Waals surface area contributed by atoms with Crippen LogP contribution in [0.25, 0.3) is 0 Å². The Morgan fingerprint density at radius 2 is 1.20 bits per heavy atom. The van der Waals surface area contributed by atoms with Crippen molar-refractivity contribution in [1.82, 2.24) is 0 Å². The number of carbonyl (C=O) groups is 4. The molecular weight excluding hydrogens is 496 g/mol. The van der Waals surface area contributed by atoms with E-state index in [9.17, 15) is 19.2 Å². The smallest absolute Gasteiger partial charge is 0.155 e. The van der Waals surface area contributed by atoms with Crippen LogP contribution in [0.4, 0.5) is 0 Å². The summed E-state index contributed by atoms with van der Waals surface area (Å²) in [7, 11) is 0. The third-order valence-corrected chi connectivity index (χ3v) is 14.5. The summed E-state index contributed by atoms with van der Waals surface area (Å²) in [6, 6.07) is 0. The maximum absolute atomic E-state index is 12.3. The number of hydrogen-bond donors (Lipinski definition) is 0. The molecule has 0 aliphatic heterocycles. The summed E-state index contributed by atoms with van der Waals surface area (Å²) in [5, 5.41) is 0. The Balaban J connectivity index is 0.000000132. The highest BCUT2D eigenvalue weighted by atomic mass is 16.1. The van der Waals surface area contributed by atoms with Crippen LogP contribution in [0.2, 0.25) is 0 Å². The van der Waals surface area contributed by atoms with E-state index >= 15 is 0 Å². The summed E-state index contributed by atoms with van der Waals surface area (Å²) in [6.07, 6.45) is 20.0. The molecule has 0 aromatic rings. The minimum atomic E-state index is -0.00707. The molecule has 0 bridgehead atoms. The van der Waals surface area contributed by atoms with Gasteiger partial charge in [-0.2, -0.15) is 0 Å². The molecule has 0 radical (unpaired) electrons. The van der Waals surface area contributed by atoms with E-state index in [2.05, 4.69) is 13.8 Å². The molecule has 8 aliphatic carbocycles. The highest BCUT2D eigenvalue weighted by Crippen LogP contribution is 2.62. The zero-order valence-electron chi connectivity index (χ0n) is 24.9. The molecule has 0 spiro atoms. The lowest BCUT2D eigenvalue weighted by molar-refractivity contribution is -0.134. The van der Waals surface area contributed by atoms with Crippen LogP contribution in [-0.4, -0.2) is 23.1 Å². The minimum Gasteiger partial charge on any atom is -0.300 e. The highest BCUT2D eigenvalue weighted by molar-refractivity contribution is 5.91. The predicted molar refractivity (Wildman–Crippen MR) is 154 cm³/mol. The van der Waals surface area contributed by atoms with Gasteiger partial charge in [-0.3, -0.25) is 19.2 Å². The molecule has 0 aromatic heterocycles. The molecule has 0 unspecified atom stereocenters. The van der Waals surface area contributed by atoms with Crippen LogP contribution in [0.5, 0.6) is 0 Å². The van der Waals surface area contributed by atoms with E-state index in [1.807, 2.05) is 6.08 Å². The van der Waals surface area contributed by atoms with Gasteiger partial charge in [0.2, 0.25) is 0 Å². The van der Waals surface area contributed by atoms with Crippen LogP contribution in [0.1, 0.15) is 123 Å². The van der Waals surface area contributed by atoms with E-state index < -0.39 is 0 Å². The number of hydrogen-bond acceptors (Lipinski definition) is 4. The fraction of sp³-hybridized carbons (Fsp3) is 0.833. The lowest BCUT2D eigenvalue weighted by Crippen LogP contribution is -2.48. The Morgan fingerprint density at radius 3 is 1.90 bits per heavy atom. The molecule has 0 N–H and O–H groups in total. The summed E-state index contributed by atoms with van der Waals surface area (Å²) in [6.45, 7) is 4.48. The number of carbonyl (C=O) groups excluding carboxylic acids is 4. The van der Waals surface area contributed by atoms with Gasteiger partial charge in [0, 0.05) is 42.9 Å². The largest absolute Gasteiger partial charge is 0.300 e. The van der Waals surface area contributed by atoms with Crippen LogP contribution in [-0.2, 0) is 19.2 Å². The Bertz CT molecular complexity index is 1130. The van der Waals surface area contributed by atoms with Gasteiger partial charge < -0.3 is 0 Å². The van der Waals surface area contributed by atoms with Gasteiger partial charge in [-0.05, 0) is 136 Å². The molecule has 8 rings (SSSR count). The van der Waals surface area contributed by atoms with E-state index in [-0.39, 0.29) is 10.8 Å². The summed E-state index contributed by atoms with van der Waals surface area (Å²) in [5.41, 5.74) is 1.45. The first-order valence-electron chi connectivity index (χ1n) is 17.0. The van der Waals surface area contributed by atoms with Gasteiger partial charge in [0.25, 0.3) is 0 Å². The number of fused-ring (bicyclic) bond motifs is 10. The zero-order chi connectivity index (χ0) is 27.8. The fourth-order valence-corrected chi connectivity index (χ4v) is 12.4. The molecule has 0 aromatic carbocycles. The molecule has 0 saturated heterocycles. The molecule has 4 nitrogen and oxygen atoms in total. The maximum Gasteiger partial charge on any atom is 0.155 e. The van der Waals surface area contributed by atoms with E-state index in [4.69, 9.17) is 0 Å². The van der Waals surface area contributed by atoms with E-state index in [1.165, 1.54) is 37.7 Å². The lowest BCUT2D eigenvalue weighted by Gasteiger charge is -2.53. The van der Waals surface area contributed by atoms with Gasteiger partial charge in [-0.25, -0.2) is 0 Å². The molecular formula is C36H50O4. The van der Waals surface area contributed by atoms with Gasteiger partial charge >= 0.3 is 0 Å². The molecule has 40 heavy (non-hydrogen) atoms. The van der Waals surface area contributed by atoms with Gasteiger partial charge in [0.05, 0.1) is 0 Å². The molecule has 7 saturated carbocycles. The van der Waals surface area contributed by atoms with Crippen molar-refractivity contribution in [3.8, 4) is 0 Å². The summed E-state index contributed by atoms with van der Waals surface area (Å²) >= 11 is 0. The number of rotatable bonds is 0. The van der Waals surface area contributed by atoms with E-state index in [1.54, 1.807) is 0 Å². The fourth-order valence-electron chi connectivity index (χ4n) is 12.4. The second-order valence-electron chi connectivity index (χ2n) is 15.9. The normalized spacial score (nSPS) is 49.4. The third-order valence-electron chi connectivity index (χ3n) is 14.5. The van der Waals surface area contributed by atoms with Crippen molar-refractivity contribution in [2.75, 3.05) is 0 Å². The predicted octanol–water partition coefficient (Wildman–Crippen LogP) is 7.47. The first kappa shape index (κ1) is 27.3. The second kappa shape index (κ2) is 10.0. The number of ketones is 4. The average molecular weight is 547 g/mol. The zero-order valence-corrected chi connectivity index (χ0v) is 24.9. The van der Waals surface area contributed by atoms with Crippen LogP contribution in [0.3, 0.4) is 0 Å². The van der Waals surface area contributed by atoms with Gasteiger partial charge in [0.1, 0.15) is 17.3 Å². The van der Waals surface area contributed by atoms with Crippen molar-refractivity contribution in [1.29, 1.82) is 0 Å². The lowest BCUT2D eigenvalue weighted by atomic mass is 9.50. The molecule has 8 aliphatic rings. The average Bonchev–Trinajstić information content (AvgIpc) is 3.43. The molecule has 0 heterocycles. The van der Waals surface area contributed by atoms with Crippen LogP contribution in [0, 0.1) is 64.1 Å². The van der Waals surface area contributed by atoms with Crippen molar-refractivity contribution in [2.24, 2.45) is 64.1 Å². The molecule has 4 heteroatoms. The summed E-state index contributed by atoms with van der Waals surface area (Å²) in [4.78, 5) is 47.9. The molecule has 0 amide bonds. The van der Waals surface area contributed by atoms with E-state index in [0.29, 0.717) is 46.8 Å². The Hall–Kier alpha value is -1.58. The van der Waals surface area contributed by atoms with Crippen LogP contribution in [0.15, 0.2) is 11.6 Å². The van der Waals surface area contributed by atoms with E-state index in [0.717, 1.165) is 107 Å². The van der Waals surface area contributed by atoms with Gasteiger partial charge in [-0.1, -0.05) is 19.4 Å². The Labute approximate surface area is 240 Å². The molecule has 7 fully saturated rings. The van der Waals surface area contributed by atoms with Crippen molar-refractivity contribution >= 4 is 23.1 Å². The van der Waals surface area contributed by atoms with Crippen LogP contribution >= 0.6 is 0 Å². The Morgan fingerprint density at radius 1 is 0.575 bits per heavy atom. The molecule has 11 atom stereocenters. The van der Waals surface area contributed by atoms with Crippen molar-refractivity contribution in [2.45, 2.75) is 123 Å². The quantitative estimate of drug-likeness (QED) is 0.316.